The Balaban J connectivity index is 1.85. The lowest BCUT2D eigenvalue weighted by atomic mass is 10.1. The molecule has 0 aromatic heterocycles. The Labute approximate surface area is 134 Å². The van der Waals surface area contributed by atoms with Crippen LogP contribution in [-0.4, -0.2) is 18.5 Å². The monoisotopic (exact) mass is 315 g/mol. The summed E-state index contributed by atoms with van der Waals surface area (Å²) in [6, 6.07) is 12.7. The second-order valence-electron chi connectivity index (χ2n) is 5.29. The summed E-state index contributed by atoms with van der Waals surface area (Å²) >= 11 is 0. The van der Waals surface area contributed by atoms with E-state index in [0.29, 0.717) is 0 Å². The maximum absolute atomic E-state index is 13.0. The molecule has 1 N–H and O–H groups in total. The maximum atomic E-state index is 13.0. The molecule has 0 bridgehead atoms. The SMILES string of the molecule is Cc1ccc([C@H](C)NC(=O)COC(=O)c2cccc(F)c2)cc1. The summed E-state index contributed by atoms with van der Waals surface area (Å²) in [5.41, 5.74) is 2.17. The van der Waals surface area contributed by atoms with E-state index < -0.39 is 24.3 Å². The second-order valence-corrected chi connectivity index (χ2v) is 5.29. The molecule has 120 valence electrons. The van der Waals surface area contributed by atoms with Gasteiger partial charge in [-0.2, -0.15) is 0 Å². The van der Waals surface area contributed by atoms with E-state index in [-0.39, 0.29) is 11.6 Å². The van der Waals surface area contributed by atoms with Crippen LogP contribution in [0.4, 0.5) is 4.39 Å². The number of benzene rings is 2. The van der Waals surface area contributed by atoms with E-state index >= 15 is 0 Å². The molecule has 2 rings (SSSR count). The molecular formula is C18H18FNO3. The summed E-state index contributed by atoms with van der Waals surface area (Å²) in [6.45, 7) is 3.42. The molecule has 0 fully saturated rings. The highest BCUT2D eigenvalue weighted by molar-refractivity contribution is 5.91. The second kappa shape index (κ2) is 7.54. The third-order valence-corrected chi connectivity index (χ3v) is 3.35. The molecule has 1 amide bonds. The van der Waals surface area contributed by atoms with Crippen molar-refractivity contribution in [2.24, 2.45) is 0 Å². The summed E-state index contributed by atoms with van der Waals surface area (Å²) in [6.07, 6.45) is 0. The van der Waals surface area contributed by atoms with Gasteiger partial charge in [0.05, 0.1) is 11.6 Å². The molecule has 2 aromatic carbocycles. The van der Waals surface area contributed by atoms with Crippen LogP contribution in [0.3, 0.4) is 0 Å². The van der Waals surface area contributed by atoms with Crippen LogP contribution in [0.5, 0.6) is 0 Å². The van der Waals surface area contributed by atoms with Gasteiger partial charge >= 0.3 is 5.97 Å². The first-order chi connectivity index (χ1) is 11.0. The Kier molecular flexibility index (Phi) is 5.46. The Morgan fingerprint density at radius 2 is 1.87 bits per heavy atom. The highest BCUT2D eigenvalue weighted by Crippen LogP contribution is 2.13. The fourth-order valence-corrected chi connectivity index (χ4v) is 2.05. The summed E-state index contributed by atoms with van der Waals surface area (Å²) in [4.78, 5) is 23.6. The van der Waals surface area contributed by atoms with Crippen LogP contribution in [-0.2, 0) is 9.53 Å². The van der Waals surface area contributed by atoms with Crippen molar-refractivity contribution in [1.29, 1.82) is 0 Å². The number of rotatable bonds is 5. The summed E-state index contributed by atoms with van der Waals surface area (Å²) in [5.74, 6) is -1.68. The number of nitrogens with one attached hydrogen (secondary N) is 1. The van der Waals surface area contributed by atoms with Crippen LogP contribution in [0, 0.1) is 12.7 Å². The molecule has 0 spiro atoms. The van der Waals surface area contributed by atoms with Crippen molar-refractivity contribution in [2.75, 3.05) is 6.61 Å². The predicted molar refractivity (Wildman–Crippen MR) is 84.4 cm³/mol. The maximum Gasteiger partial charge on any atom is 0.338 e. The summed E-state index contributed by atoms with van der Waals surface area (Å²) in [5, 5.41) is 2.74. The van der Waals surface area contributed by atoms with Crippen LogP contribution < -0.4 is 5.32 Å². The number of aryl methyl sites for hydroxylation is 1. The normalized spacial score (nSPS) is 11.6. The van der Waals surface area contributed by atoms with Gasteiger partial charge in [-0.3, -0.25) is 4.79 Å². The molecule has 0 saturated carbocycles. The van der Waals surface area contributed by atoms with Gasteiger partial charge in [0.1, 0.15) is 5.82 Å². The fraction of sp³-hybridized carbons (Fsp3) is 0.222. The zero-order valence-corrected chi connectivity index (χ0v) is 13.0. The minimum Gasteiger partial charge on any atom is -0.452 e. The molecule has 0 aliphatic heterocycles. The Morgan fingerprint density at radius 1 is 1.17 bits per heavy atom. The molecule has 23 heavy (non-hydrogen) atoms. The molecule has 0 aliphatic carbocycles. The third-order valence-electron chi connectivity index (χ3n) is 3.35. The quantitative estimate of drug-likeness (QED) is 0.862. The van der Waals surface area contributed by atoms with Crippen LogP contribution in [0.2, 0.25) is 0 Å². The van der Waals surface area contributed by atoms with Gasteiger partial charge in [0.2, 0.25) is 0 Å². The van der Waals surface area contributed by atoms with Gasteiger partial charge in [-0.05, 0) is 37.6 Å². The van der Waals surface area contributed by atoms with Crippen molar-refractivity contribution in [1.82, 2.24) is 5.32 Å². The topological polar surface area (TPSA) is 55.4 Å². The minimum atomic E-state index is -0.734. The van der Waals surface area contributed by atoms with Crippen molar-refractivity contribution in [3.05, 3.63) is 71.0 Å². The molecule has 0 unspecified atom stereocenters. The molecule has 0 heterocycles. The zero-order valence-electron chi connectivity index (χ0n) is 13.0. The number of amides is 1. The lowest BCUT2D eigenvalue weighted by molar-refractivity contribution is -0.124. The zero-order chi connectivity index (χ0) is 16.8. The van der Waals surface area contributed by atoms with Gasteiger partial charge < -0.3 is 10.1 Å². The third kappa shape index (κ3) is 4.92. The molecule has 4 nitrogen and oxygen atoms in total. The number of carbonyl (C=O) groups excluding carboxylic acids is 2. The average molecular weight is 315 g/mol. The number of halogens is 1. The van der Waals surface area contributed by atoms with Gasteiger partial charge in [-0.25, -0.2) is 9.18 Å². The Bertz CT molecular complexity index is 698. The summed E-state index contributed by atoms with van der Waals surface area (Å²) < 4.78 is 17.9. The van der Waals surface area contributed by atoms with Gasteiger partial charge in [-0.15, -0.1) is 0 Å². The van der Waals surface area contributed by atoms with E-state index in [1.807, 2.05) is 38.1 Å². The van der Waals surface area contributed by atoms with Crippen molar-refractivity contribution >= 4 is 11.9 Å². The van der Waals surface area contributed by atoms with E-state index in [4.69, 9.17) is 4.74 Å². The van der Waals surface area contributed by atoms with Crippen LogP contribution in [0.25, 0.3) is 0 Å². The average Bonchev–Trinajstić information content (AvgIpc) is 2.53. The van der Waals surface area contributed by atoms with Gasteiger partial charge in [-0.1, -0.05) is 35.9 Å². The number of ether oxygens (including phenoxy) is 1. The van der Waals surface area contributed by atoms with Gasteiger partial charge in [0.25, 0.3) is 5.91 Å². The molecule has 5 heteroatoms. The highest BCUT2D eigenvalue weighted by Gasteiger charge is 2.13. The molecule has 0 aliphatic rings. The number of hydrogen-bond acceptors (Lipinski definition) is 3. The standard InChI is InChI=1S/C18H18FNO3/c1-12-6-8-14(9-7-12)13(2)20-17(21)11-23-18(22)15-4-3-5-16(19)10-15/h3-10,13H,11H2,1-2H3,(H,20,21)/t13-/m0/s1. The Hall–Kier alpha value is -2.69. The molecule has 0 radical (unpaired) electrons. The molecular weight excluding hydrogens is 297 g/mol. The van der Waals surface area contributed by atoms with Gasteiger partial charge in [0, 0.05) is 0 Å². The number of hydrogen-bond donors (Lipinski definition) is 1. The van der Waals surface area contributed by atoms with E-state index in [0.717, 1.165) is 17.2 Å². The number of carbonyl (C=O) groups is 2. The minimum absolute atomic E-state index is 0.0735. The first kappa shape index (κ1) is 16.7. The van der Waals surface area contributed by atoms with Crippen LogP contribution >= 0.6 is 0 Å². The van der Waals surface area contributed by atoms with Crippen molar-refractivity contribution in [2.45, 2.75) is 19.9 Å². The summed E-state index contributed by atoms with van der Waals surface area (Å²) in [7, 11) is 0. The van der Waals surface area contributed by atoms with Gasteiger partial charge in [0.15, 0.2) is 6.61 Å². The Morgan fingerprint density at radius 3 is 2.52 bits per heavy atom. The van der Waals surface area contributed by atoms with E-state index in [1.54, 1.807) is 0 Å². The molecule has 0 saturated heterocycles. The fourth-order valence-electron chi connectivity index (χ4n) is 2.05. The predicted octanol–water partition coefficient (Wildman–Crippen LogP) is 3.17. The number of esters is 1. The largest absolute Gasteiger partial charge is 0.452 e. The molecule has 1 atom stereocenters. The van der Waals surface area contributed by atoms with Crippen molar-refractivity contribution < 1.29 is 18.7 Å². The molecule has 2 aromatic rings. The van der Waals surface area contributed by atoms with E-state index in [9.17, 15) is 14.0 Å². The lowest BCUT2D eigenvalue weighted by Crippen LogP contribution is -2.31. The van der Waals surface area contributed by atoms with Crippen molar-refractivity contribution in [3.63, 3.8) is 0 Å². The lowest BCUT2D eigenvalue weighted by Gasteiger charge is -2.14. The first-order valence-electron chi connectivity index (χ1n) is 7.24. The smallest absolute Gasteiger partial charge is 0.338 e. The first-order valence-corrected chi connectivity index (χ1v) is 7.24. The van der Waals surface area contributed by atoms with E-state index in [1.165, 1.54) is 18.2 Å². The van der Waals surface area contributed by atoms with E-state index in [2.05, 4.69) is 5.32 Å². The highest BCUT2D eigenvalue weighted by atomic mass is 19.1. The van der Waals surface area contributed by atoms with Crippen molar-refractivity contribution in [3.8, 4) is 0 Å². The van der Waals surface area contributed by atoms with Crippen LogP contribution in [0.1, 0.15) is 34.5 Å². The van der Waals surface area contributed by atoms with Crippen LogP contribution in [0.15, 0.2) is 48.5 Å².